The van der Waals surface area contributed by atoms with Gasteiger partial charge < -0.3 is 14.3 Å². The maximum absolute atomic E-state index is 12.1. The molecule has 0 aliphatic carbocycles. The Morgan fingerprint density at radius 1 is 1.37 bits per heavy atom. The Labute approximate surface area is 158 Å². The Balaban J connectivity index is 2.03. The topological polar surface area (TPSA) is 110 Å². The number of hydrogen-bond donors (Lipinski definition) is 2. The molecule has 3 rings (SSSR count). The van der Waals surface area contributed by atoms with E-state index in [2.05, 4.69) is 9.98 Å². The largest absolute Gasteiger partial charge is 0.494 e. The van der Waals surface area contributed by atoms with Crippen LogP contribution in [0.5, 0.6) is 5.88 Å². The average molecular weight is 387 g/mol. The van der Waals surface area contributed by atoms with E-state index in [1.165, 1.54) is 24.0 Å². The Bertz CT molecular complexity index is 1210. The number of nitrogens with zero attached hydrogens (tertiary/aromatic N) is 2. The fourth-order valence-electron chi connectivity index (χ4n) is 2.61. The number of aromatic nitrogens is 2. The van der Waals surface area contributed by atoms with Crippen LogP contribution in [-0.4, -0.2) is 34.6 Å². The van der Waals surface area contributed by atoms with Gasteiger partial charge in [-0.05, 0) is 36.8 Å². The fourth-order valence-corrected chi connectivity index (χ4v) is 2.88. The van der Waals surface area contributed by atoms with E-state index in [0.29, 0.717) is 17.9 Å². The molecule has 27 heavy (non-hydrogen) atoms. The maximum Gasteiger partial charge on any atom is 0.336 e. The Hall–Kier alpha value is -3.04. The molecule has 0 radical (unpaired) electrons. The fraction of sp³-hybridized carbons (Fsp3) is 0.222. The highest BCUT2D eigenvalue weighted by atomic mass is 32.1. The standard InChI is InChI=1S/C18H17N3O5S/c1-10-7-15(22)26-14-8-11(3-4-12(10)14)19-9-13-16(23)20-18(27)21(17(13)24)5-6-25-2/h3-4,7-9,24H,5-6H2,1-2H3,(H,20,23,27). The number of H-pyrrole nitrogens is 1. The first-order valence-electron chi connectivity index (χ1n) is 8.04. The normalized spacial score (nSPS) is 11.5. The smallest absolute Gasteiger partial charge is 0.336 e. The predicted octanol–water partition coefficient (Wildman–Crippen LogP) is 2.42. The lowest BCUT2D eigenvalue weighted by molar-refractivity contribution is 0.182. The summed E-state index contributed by atoms with van der Waals surface area (Å²) in [6.07, 6.45) is 1.24. The van der Waals surface area contributed by atoms with Gasteiger partial charge in [-0.15, -0.1) is 0 Å². The van der Waals surface area contributed by atoms with Crippen molar-refractivity contribution >= 4 is 35.1 Å². The number of nitrogens with one attached hydrogen (secondary N) is 1. The Morgan fingerprint density at radius 3 is 2.89 bits per heavy atom. The van der Waals surface area contributed by atoms with Gasteiger partial charge in [-0.3, -0.25) is 19.3 Å². The van der Waals surface area contributed by atoms with Crippen LogP contribution in [0, 0.1) is 11.7 Å². The Morgan fingerprint density at radius 2 is 2.15 bits per heavy atom. The second-order valence-corrected chi connectivity index (χ2v) is 6.21. The van der Waals surface area contributed by atoms with Crippen LogP contribution < -0.4 is 11.2 Å². The summed E-state index contributed by atoms with van der Waals surface area (Å²) in [5.74, 6) is -0.298. The van der Waals surface area contributed by atoms with E-state index in [4.69, 9.17) is 21.4 Å². The molecule has 0 spiro atoms. The minimum atomic E-state index is -0.557. The second kappa shape index (κ2) is 7.68. The molecular weight excluding hydrogens is 370 g/mol. The SMILES string of the molecule is COCCn1c(O)c(C=Nc2ccc3c(C)cc(=O)oc3c2)c(=O)[nH]c1=S. The van der Waals surface area contributed by atoms with Gasteiger partial charge in [0.2, 0.25) is 5.88 Å². The minimum absolute atomic E-state index is 0.0366. The van der Waals surface area contributed by atoms with E-state index in [1.54, 1.807) is 18.2 Å². The molecular formula is C18H17N3O5S. The molecule has 0 atom stereocenters. The third kappa shape index (κ3) is 3.88. The molecule has 2 aromatic heterocycles. The number of hydrogen-bond acceptors (Lipinski definition) is 7. The highest BCUT2D eigenvalue weighted by Gasteiger charge is 2.11. The first kappa shape index (κ1) is 18.7. The van der Waals surface area contributed by atoms with Crippen molar-refractivity contribution in [1.82, 2.24) is 9.55 Å². The van der Waals surface area contributed by atoms with Gasteiger partial charge in [-0.1, -0.05) is 0 Å². The molecule has 1 aromatic carbocycles. The van der Waals surface area contributed by atoms with Gasteiger partial charge in [0.25, 0.3) is 5.56 Å². The quantitative estimate of drug-likeness (QED) is 0.395. The van der Waals surface area contributed by atoms with Crippen LogP contribution in [0.3, 0.4) is 0 Å². The maximum atomic E-state index is 12.1. The van der Waals surface area contributed by atoms with Crippen LogP contribution in [0.4, 0.5) is 5.69 Å². The zero-order valence-corrected chi connectivity index (χ0v) is 15.5. The van der Waals surface area contributed by atoms with Gasteiger partial charge in [0.05, 0.1) is 18.8 Å². The van der Waals surface area contributed by atoms with Crippen molar-refractivity contribution in [3.05, 3.63) is 60.9 Å². The van der Waals surface area contributed by atoms with Gasteiger partial charge in [0, 0.05) is 30.8 Å². The summed E-state index contributed by atoms with van der Waals surface area (Å²) in [5.41, 5.74) is 0.606. The molecule has 0 amide bonds. The summed E-state index contributed by atoms with van der Waals surface area (Å²) in [6.45, 7) is 2.40. The summed E-state index contributed by atoms with van der Waals surface area (Å²) >= 11 is 5.06. The molecule has 0 aliphatic heterocycles. The third-order valence-corrected chi connectivity index (χ3v) is 4.33. The first-order valence-corrected chi connectivity index (χ1v) is 8.45. The van der Waals surface area contributed by atoms with Gasteiger partial charge in [0.15, 0.2) is 4.77 Å². The summed E-state index contributed by atoms with van der Waals surface area (Å²) < 4.78 is 11.6. The van der Waals surface area contributed by atoms with Crippen LogP contribution in [0.1, 0.15) is 11.1 Å². The average Bonchev–Trinajstić information content (AvgIpc) is 2.60. The number of aromatic hydroxyl groups is 1. The van der Waals surface area contributed by atoms with E-state index in [9.17, 15) is 14.7 Å². The third-order valence-electron chi connectivity index (χ3n) is 4.00. The molecule has 3 aromatic rings. The van der Waals surface area contributed by atoms with Crippen LogP contribution in [0.15, 0.2) is 43.3 Å². The van der Waals surface area contributed by atoms with Crippen molar-refractivity contribution in [2.24, 2.45) is 4.99 Å². The predicted molar refractivity (Wildman–Crippen MR) is 104 cm³/mol. The molecule has 0 saturated carbocycles. The van der Waals surface area contributed by atoms with Crippen molar-refractivity contribution in [3.63, 3.8) is 0 Å². The molecule has 0 unspecified atom stereocenters. The number of methoxy groups -OCH3 is 1. The van der Waals surface area contributed by atoms with Crippen LogP contribution in [-0.2, 0) is 11.3 Å². The number of aryl methyl sites for hydroxylation is 1. The van der Waals surface area contributed by atoms with E-state index in [1.807, 2.05) is 6.92 Å². The molecule has 0 aliphatic rings. The lowest BCUT2D eigenvalue weighted by Crippen LogP contribution is -2.20. The van der Waals surface area contributed by atoms with Crippen molar-refractivity contribution in [2.45, 2.75) is 13.5 Å². The summed E-state index contributed by atoms with van der Waals surface area (Å²) in [4.78, 5) is 30.4. The number of ether oxygens (including phenoxy) is 1. The van der Waals surface area contributed by atoms with Gasteiger partial charge >= 0.3 is 5.63 Å². The summed E-state index contributed by atoms with van der Waals surface area (Å²) in [5, 5.41) is 11.2. The number of rotatable bonds is 5. The van der Waals surface area contributed by atoms with Gasteiger partial charge in [-0.25, -0.2) is 4.79 Å². The lowest BCUT2D eigenvalue weighted by Gasteiger charge is -2.10. The second-order valence-electron chi connectivity index (χ2n) is 5.83. The molecule has 0 saturated heterocycles. The zero-order chi connectivity index (χ0) is 19.6. The van der Waals surface area contributed by atoms with Gasteiger partial charge in [-0.2, -0.15) is 0 Å². The molecule has 0 bridgehead atoms. The number of fused-ring (bicyclic) bond motifs is 1. The van der Waals surface area contributed by atoms with Crippen LogP contribution in [0.2, 0.25) is 0 Å². The van der Waals surface area contributed by atoms with Crippen molar-refractivity contribution in [1.29, 1.82) is 0 Å². The molecule has 8 nitrogen and oxygen atoms in total. The number of benzene rings is 1. The number of aliphatic imine (C=N–C) groups is 1. The summed E-state index contributed by atoms with van der Waals surface area (Å²) in [6, 6.07) is 6.50. The number of aromatic amines is 1. The highest BCUT2D eigenvalue weighted by Crippen LogP contribution is 2.23. The van der Waals surface area contributed by atoms with E-state index in [0.717, 1.165) is 10.9 Å². The zero-order valence-electron chi connectivity index (χ0n) is 14.7. The lowest BCUT2D eigenvalue weighted by atomic mass is 10.1. The molecule has 0 fully saturated rings. The van der Waals surface area contributed by atoms with Crippen molar-refractivity contribution in [3.8, 4) is 5.88 Å². The molecule has 9 heteroatoms. The molecule has 140 valence electrons. The molecule has 2 N–H and O–H groups in total. The van der Waals surface area contributed by atoms with Gasteiger partial charge in [0.1, 0.15) is 11.1 Å². The van der Waals surface area contributed by atoms with E-state index >= 15 is 0 Å². The molecule has 2 heterocycles. The van der Waals surface area contributed by atoms with Crippen LogP contribution in [0.25, 0.3) is 11.0 Å². The van der Waals surface area contributed by atoms with E-state index < -0.39 is 11.2 Å². The first-order chi connectivity index (χ1) is 12.9. The Kier molecular flexibility index (Phi) is 5.33. The highest BCUT2D eigenvalue weighted by molar-refractivity contribution is 7.71. The monoisotopic (exact) mass is 387 g/mol. The van der Waals surface area contributed by atoms with E-state index in [-0.39, 0.29) is 22.8 Å². The van der Waals surface area contributed by atoms with Crippen LogP contribution >= 0.6 is 12.2 Å². The van der Waals surface area contributed by atoms with Crippen molar-refractivity contribution in [2.75, 3.05) is 13.7 Å². The minimum Gasteiger partial charge on any atom is -0.494 e. The van der Waals surface area contributed by atoms with Crippen molar-refractivity contribution < 1.29 is 14.3 Å². The summed E-state index contributed by atoms with van der Waals surface area (Å²) in [7, 11) is 1.52.